The van der Waals surface area contributed by atoms with E-state index in [2.05, 4.69) is 10.6 Å². The molecule has 1 aliphatic rings. The SMILES string of the molecule is Cc1ccc(NC(=O)N[C@@H]2CCCCC[C@H]2C(N)=O)cc1Cl. The van der Waals surface area contributed by atoms with Crippen LogP contribution in [0.5, 0.6) is 0 Å². The summed E-state index contributed by atoms with van der Waals surface area (Å²) in [6.45, 7) is 1.90. The fourth-order valence-electron chi connectivity index (χ4n) is 2.83. The maximum absolute atomic E-state index is 12.1. The van der Waals surface area contributed by atoms with Gasteiger partial charge in [-0.15, -0.1) is 0 Å². The van der Waals surface area contributed by atoms with E-state index in [0.717, 1.165) is 37.7 Å². The minimum Gasteiger partial charge on any atom is -0.369 e. The molecular weight excluding hydrogens is 302 g/mol. The first-order valence-corrected chi connectivity index (χ1v) is 7.98. The maximum Gasteiger partial charge on any atom is 0.319 e. The van der Waals surface area contributed by atoms with Gasteiger partial charge in [-0.25, -0.2) is 4.79 Å². The van der Waals surface area contributed by atoms with Crippen LogP contribution < -0.4 is 16.4 Å². The van der Waals surface area contributed by atoms with Crippen LogP contribution in [0.15, 0.2) is 18.2 Å². The predicted molar refractivity (Wildman–Crippen MR) is 87.9 cm³/mol. The number of nitrogens with one attached hydrogen (secondary N) is 2. The first-order chi connectivity index (χ1) is 10.5. The zero-order valence-corrected chi connectivity index (χ0v) is 13.5. The number of hydrogen-bond acceptors (Lipinski definition) is 2. The molecule has 0 radical (unpaired) electrons. The summed E-state index contributed by atoms with van der Waals surface area (Å²) in [5, 5.41) is 6.23. The van der Waals surface area contributed by atoms with Crippen molar-refractivity contribution in [3.05, 3.63) is 28.8 Å². The highest BCUT2D eigenvalue weighted by atomic mass is 35.5. The van der Waals surface area contributed by atoms with Gasteiger partial charge in [0.1, 0.15) is 0 Å². The molecule has 0 spiro atoms. The van der Waals surface area contributed by atoms with Crippen LogP contribution in [-0.4, -0.2) is 18.0 Å². The number of halogens is 1. The smallest absolute Gasteiger partial charge is 0.319 e. The molecule has 4 N–H and O–H groups in total. The number of aryl methyl sites for hydroxylation is 1. The summed E-state index contributed by atoms with van der Waals surface area (Å²) in [4.78, 5) is 23.7. The molecular formula is C16H22ClN3O2. The van der Waals surface area contributed by atoms with E-state index in [-0.39, 0.29) is 23.9 Å². The fourth-order valence-corrected chi connectivity index (χ4v) is 3.01. The van der Waals surface area contributed by atoms with Crippen molar-refractivity contribution in [3.63, 3.8) is 0 Å². The Morgan fingerprint density at radius 3 is 2.64 bits per heavy atom. The Morgan fingerprint density at radius 2 is 1.95 bits per heavy atom. The summed E-state index contributed by atoms with van der Waals surface area (Å²) in [7, 11) is 0. The van der Waals surface area contributed by atoms with Crippen LogP contribution in [0.2, 0.25) is 5.02 Å². The average Bonchev–Trinajstić information content (AvgIpc) is 2.68. The van der Waals surface area contributed by atoms with Crippen LogP contribution in [0, 0.1) is 12.8 Å². The lowest BCUT2D eigenvalue weighted by Gasteiger charge is -2.23. The van der Waals surface area contributed by atoms with Gasteiger partial charge >= 0.3 is 6.03 Å². The lowest BCUT2D eigenvalue weighted by Crippen LogP contribution is -2.46. The highest BCUT2D eigenvalue weighted by molar-refractivity contribution is 6.31. The third-order valence-corrected chi connectivity index (χ3v) is 4.53. The largest absolute Gasteiger partial charge is 0.369 e. The second kappa shape index (κ2) is 7.49. The molecule has 1 saturated carbocycles. The van der Waals surface area contributed by atoms with Crippen molar-refractivity contribution in [3.8, 4) is 0 Å². The molecule has 0 heterocycles. The summed E-state index contributed by atoms with van der Waals surface area (Å²) in [5.41, 5.74) is 7.04. The van der Waals surface area contributed by atoms with Crippen LogP contribution in [-0.2, 0) is 4.79 Å². The topological polar surface area (TPSA) is 84.2 Å². The third-order valence-electron chi connectivity index (χ3n) is 4.13. The van der Waals surface area contributed by atoms with E-state index in [4.69, 9.17) is 17.3 Å². The van der Waals surface area contributed by atoms with Crippen LogP contribution >= 0.6 is 11.6 Å². The molecule has 0 bridgehead atoms. The number of hydrogen-bond donors (Lipinski definition) is 3. The number of primary amides is 1. The monoisotopic (exact) mass is 323 g/mol. The minimum absolute atomic E-state index is 0.207. The number of nitrogens with two attached hydrogens (primary N) is 1. The van der Waals surface area contributed by atoms with E-state index in [1.54, 1.807) is 12.1 Å². The van der Waals surface area contributed by atoms with E-state index < -0.39 is 0 Å². The molecule has 0 aromatic heterocycles. The second-order valence-electron chi connectivity index (χ2n) is 5.82. The molecule has 1 aromatic rings. The Kier molecular flexibility index (Phi) is 5.66. The number of urea groups is 1. The number of rotatable bonds is 3. The standard InChI is InChI=1S/C16H22ClN3O2/c1-10-7-8-11(9-13(10)17)19-16(22)20-14-6-4-2-3-5-12(14)15(18)21/h7-9,12,14H,2-6H2,1H3,(H2,18,21)(H2,19,20,22)/t12-,14-/m1/s1. The quantitative estimate of drug-likeness (QED) is 0.746. The van der Waals surface area contributed by atoms with Crippen LogP contribution in [0.3, 0.4) is 0 Å². The van der Waals surface area contributed by atoms with Crippen molar-refractivity contribution in [2.75, 3.05) is 5.32 Å². The Morgan fingerprint density at radius 1 is 1.23 bits per heavy atom. The molecule has 1 aromatic carbocycles. The molecule has 120 valence electrons. The molecule has 1 aliphatic carbocycles. The molecule has 1 fully saturated rings. The summed E-state index contributed by atoms with van der Waals surface area (Å²) in [5.74, 6) is -0.638. The Hall–Kier alpha value is -1.75. The Labute approximate surface area is 135 Å². The second-order valence-corrected chi connectivity index (χ2v) is 6.22. The summed E-state index contributed by atoms with van der Waals surface area (Å²) < 4.78 is 0. The number of carbonyl (C=O) groups is 2. The highest BCUT2D eigenvalue weighted by Gasteiger charge is 2.29. The lowest BCUT2D eigenvalue weighted by molar-refractivity contribution is -0.122. The molecule has 0 unspecified atom stereocenters. The number of carbonyl (C=O) groups excluding carboxylic acids is 2. The summed E-state index contributed by atoms with van der Waals surface area (Å²) in [6.07, 6.45) is 4.54. The van der Waals surface area contributed by atoms with Gasteiger partial charge in [-0.3, -0.25) is 4.79 Å². The Bertz CT molecular complexity index is 562. The van der Waals surface area contributed by atoms with Crippen LogP contribution in [0.25, 0.3) is 0 Å². The number of benzene rings is 1. The molecule has 0 saturated heterocycles. The zero-order valence-electron chi connectivity index (χ0n) is 12.7. The summed E-state index contributed by atoms with van der Waals surface area (Å²) >= 11 is 6.04. The average molecular weight is 324 g/mol. The predicted octanol–water partition coefficient (Wildman–Crippen LogP) is 3.20. The van der Waals surface area contributed by atoms with E-state index in [1.807, 2.05) is 13.0 Å². The van der Waals surface area contributed by atoms with Crippen molar-refractivity contribution >= 4 is 29.2 Å². The van der Waals surface area contributed by atoms with Crippen LogP contribution in [0.4, 0.5) is 10.5 Å². The van der Waals surface area contributed by atoms with Crippen molar-refractivity contribution < 1.29 is 9.59 Å². The molecule has 2 rings (SSSR count). The Balaban J connectivity index is 1.99. The van der Waals surface area contributed by atoms with Gasteiger partial charge in [0.25, 0.3) is 0 Å². The van der Waals surface area contributed by atoms with Gasteiger partial charge in [0.05, 0.1) is 5.92 Å². The molecule has 5 nitrogen and oxygen atoms in total. The van der Waals surface area contributed by atoms with E-state index >= 15 is 0 Å². The minimum atomic E-state index is -0.342. The van der Waals surface area contributed by atoms with Crippen LogP contribution in [0.1, 0.15) is 37.7 Å². The van der Waals surface area contributed by atoms with Gasteiger partial charge in [-0.2, -0.15) is 0 Å². The molecule has 22 heavy (non-hydrogen) atoms. The van der Waals surface area contributed by atoms with Gasteiger partial charge in [-0.1, -0.05) is 36.9 Å². The third kappa shape index (κ3) is 4.37. The highest BCUT2D eigenvalue weighted by Crippen LogP contribution is 2.24. The molecule has 0 aliphatic heterocycles. The number of anilines is 1. The van der Waals surface area contributed by atoms with E-state index in [9.17, 15) is 9.59 Å². The molecule has 2 atom stereocenters. The fraction of sp³-hybridized carbons (Fsp3) is 0.500. The molecule has 3 amide bonds. The van der Waals surface area contributed by atoms with Crippen molar-refractivity contribution in [1.29, 1.82) is 0 Å². The van der Waals surface area contributed by atoms with Gasteiger partial charge in [-0.05, 0) is 37.5 Å². The first-order valence-electron chi connectivity index (χ1n) is 7.60. The lowest BCUT2D eigenvalue weighted by atomic mass is 9.94. The van der Waals surface area contributed by atoms with Gasteiger partial charge in [0.2, 0.25) is 5.91 Å². The zero-order chi connectivity index (χ0) is 16.1. The maximum atomic E-state index is 12.1. The van der Waals surface area contributed by atoms with Crippen molar-refractivity contribution in [2.45, 2.75) is 45.1 Å². The number of amides is 3. The molecule has 6 heteroatoms. The first kappa shape index (κ1) is 16.6. The van der Waals surface area contributed by atoms with E-state index in [0.29, 0.717) is 10.7 Å². The van der Waals surface area contributed by atoms with Gasteiger partial charge in [0, 0.05) is 16.8 Å². The van der Waals surface area contributed by atoms with Crippen molar-refractivity contribution in [1.82, 2.24) is 5.32 Å². The van der Waals surface area contributed by atoms with E-state index in [1.165, 1.54) is 0 Å². The normalized spacial score (nSPS) is 21.7. The van der Waals surface area contributed by atoms with Gasteiger partial charge < -0.3 is 16.4 Å². The van der Waals surface area contributed by atoms with Crippen molar-refractivity contribution in [2.24, 2.45) is 11.7 Å². The van der Waals surface area contributed by atoms with Gasteiger partial charge in [0.15, 0.2) is 0 Å². The summed E-state index contributed by atoms with van der Waals surface area (Å²) in [6, 6.07) is 4.80.